The minimum atomic E-state index is 0.614. The number of hydrogen-bond acceptors (Lipinski definition) is 3. The van der Waals surface area contributed by atoms with Gasteiger partial charge in [-0.05, 0) is 30.7 Å². The molecular formula is C17H15N3O. The largest absolute Gasteiger partial charge is 0.439 e. The lowest BCUT2D eigenvalue weighted by Gasteiger charge is -2.01. The van der Waals surface area contributed by atoms with Crippen LogP contribution in [0.2, 0.25) is 0 Å². The Morgan fingerprint density at radius 2 is 2.05 bits per heavy atom. The molecule has 4 heteroatoms. The average molecular weight is 277 g/mol. The van der Waals surface area contributed by atoms with Gasteiger partial charge in [-0.1, -0.05) is 18.2 Å². The van der Waals surface area contributed by atoms with Gasteiger partial charge < -0.3 is 14.7 Å². The maximum atomic E-state index is 5.80. The van der Waals surface area contributed by atoms with E-state index in [-0.39, 0.29) is 0 Å². The Morgan fingerprint density at radius 3 is 2.95 bits per heavy atom. The lowest BCUT2D eigenvalue weighted by atomic mass is 10.2. The number of fused-ring (bicyclic) bond motifs is 2. The van der Waals surface area contributed by atoms with Gasteiger partial charge in [-0.3, -0.25) is 0 Å². The van der Waals surface area contributed by atoms with E-state index in [2.05, 4.69) is 40.9 Å². The molecule has 21 heavy (non-hydrogen) atoms. The zero-order valence-corrected chi connectivity index (χ0v) is 11.7. The molecule has 2 aromatic carbocycles. The lowest BCUT2D eigenvalue weighted by molar-refractivity contribution is 0.513. The molecule has 0 bridgehead atoms. The standard InChI is InChI=1S/C17H15N3O/c1-11-9-20(15-5-3-2-4-13(11)15)10-17-19-14-7-6-12(18)8-16(14)21-17/h2-9H,10,18H2,1H3. The van der Waals surface area contributed by atoms with Crippen molar-refractivity contribution in [2.45, 2.75) is 13.5 Å². The van der Waals surface area contributed by atoms with Gasteiger partial charge in [0, 0.05) is 28.9 Å². The van der Waals surface area contributed by atoms with Crippen LogP contribution in [0, 0.1) is 6.92 Å². The van der Waals surface area contributed by atoms with Crippen LogP contribution in [-0.2, 0) is 6.54 Å². The third-order valence-corrected chi connectivity index (χ3v) is 3.75. The van der Waals surface area contributed by atoms with Crippen LogP contribution >= 0.6 is 0 Å². The SMILES string of the molecule is Cc1cn(Cc2nc3ccc(N)cc3o2)c2ccccc12. The van der Waals surface area contributed by atoms with Gasteiger partial charge in [-0.2, -0.15) is 0 Å². The number of anilines is 1. The molecular weight excluding hydrogens is 262 g/mol. The number of benzene rings is 2. The predicted octanol–water partition coefficient (Wildman–Crippen LogP) is 3.72. The van der Waals surface area contributed by atoms with Gasteiger partial charge >= 0.3 is 0 Å². The highest BCUT2D eigenvalue weighted by Crippen LogP contribution is 2.23. The summed E-state index contributed by atoms with van der Waals surface area (Å²) in [4.78, 5) is 4.52. The molecule has 4 rings (SSSR count). The van der Waals surface area contributed by atoms with Gasteiger partial charge in [0.25, 0.3) is 0 Å². The number of aryl methyl sites for hydroxylation is 1. The molecule has 0 saturated carbocycles. The van der Waals surface area contributed by atoms with Gasteiger partial charge in [0.05, 0.1) is 6.54 Å². The first-order valence-electron chi connectivity index (χ1n) is 6.90. The normalized spacial score (nSPS) is 11.5. The molecule has 4 aromatic rings. The topological polar surface area (TPSA) is 57.0 Å². The molecule has 0 saturated heterocycles. The lowest BCUT2D eigenvalue weighted by Crippen LogP contribution is -1.97. The van der Waals surface area contributed by atoms with Crippen molar-refractivity contribution in [3.63, 3.8) is 0 Å². The van der Waals surface area contributed by atoms with Gasteiger partial charge in [0.1, 0.15) is 5.52 Å². The summed E-state index contributed by atoms with van der Waals surface area (Å²) in [6, 6.07) is 13.9. The fourth-order valence-corrected chi connectivity index (χ4v) is 2.76. The first kappa shape index (κ1) is 12.0. The number of aromatic nitrogens is 2. The van der Waals surface area contributed by atoms with Crippen molar-refractivity contribution in [1.29, 1.82) is 0 Å². The van der Waals surface area contributed by atoms with Crippen molar-refractivity contribution in [2.75, 3.05) is 5.73 Å². The number of hydrogen-bond donors (Lipinski definition) is 1. The van der Waals surface area contributed by atoms with E-state index in [4.69, 9.17) is 10.2 Å². The monoisotopic (exact) mass is 277 g/mol. The second-order valence-corrected chi connectivity index (χ2v) is 5.29. The molecule has 0 atom stereocenters. The Balaban J connectivity index is 1.79. The fourth-order valence-electron chi connectivity index (χ4n) is 2.76. The molecule has 0 fully saturated rings. The molecule has 0 aliphatic rings. The van der Waals surface area contributed by atoms with Crippen molar-refractivity contribution in [1.82, 2.24) is 9.55 Å². The summed E-state index contributed by atoms with van der Waals surface area (Å²) in [5.74, 6) is 0.691. The number of rotatable bonds is 2. The summed E-state index contributed by atoms with van der Waals surface area (Å²) >= 11 is 0. The zero-order chi connectivity index (χ0) is 14.4. The van der Waals surface area contributed by atoms with Crippen LogP contribution in [-0.4, -0.2) is 9.55 Å². The number of nitrogen functional groups attached to an aromatic ring is 1. The minimum Gasteiger partial charge on any atom is -0.439 e. The molecule has 0 aliphatic carbocycles. The third-order valence-electron chi connectivity index (χ3n) is 3.75. The van der Waals surface area contributed by atoms with E-state index in [0.29, 0.717) is 18.1 Å². The summed E-state index contributed by atoms with van der Waals surface area (Å²) in [6.45, 7) is 2.73. The summed E-state index contributed by atoms with van der Waals surface area (Å²) in [5.41, 5.74) is 10.5. The smallest absolute Gasteiger partial charge is 0.215 e. The molecule has 0 radical (unpaired) electrons. The molecule has 4 nitrogen and oxygen atoms in total. The Kier molecular flexibility index (Phi) is 2.51. The van der Waals surface area contributed by atoms with Crippen molar-refractivity contribution in [3.8, 4) is 0 Å². The number of para-hydroxylation sites is 1. The Hall–Kier alpha value is -2.75. The summed E-state index contributed by atoms with van der Waals surface area (Å²) in [5, 5.41) is 1.26. The number of oxazole rings is 1. The predicted molar refractivity (Wildman–Crippen MR) is 84.2 cm³/mol. The molecule has 2 aromatic heterocycles. The average Bonchev–Trinajstić information content (AvgIpc) is 3.01. The van der Waals surface area contributed by atoms with E-state index in [1.165, 1.54) is 16.5 Å². The van der Waals surface area contributed by atoms with Gasteiger partial charge in [0.15, 0.2) is 5.58 Å². The highest BCUT2D eigenvalue weighted by atomic mass is 16.3. The molecule has 0 spiro atoms. The molecule has 0 unspecified atom stereocenters. The van der Waals surface area contributed by atoms with Crippen molar-refractivity contribution >= 4 is 27.7 Å². The summed E-state index contributed by atoms with van der Waals surface area (Å²) in [7, 11) is 0. The van der Waals surface area contributed by atoms with Crippen LogP contribution in [0.15, 0.2) is 53.1 Å². The van der Waals surface area contributed by atoms with Crippen LogP contribution in [0.5, 0.6) is 0 Å². The third kappa shape index (κ3) is 1.96. The Bertz CT molecular complexity index is 949. The molecule has 0 amide bonds. The van der Waals surface area contributed by atoms with Crippen LogP contribution < -0.4 is 5.73 Å². The van der Waals surface area contributed by atoms with Gasteiger partial charge in [0.2, 0.25) is 5.89 Å². The van der Waals surface area contributed by atoms with Gasteiger partial charge in [-0.15, -0.1) is 0 Å². The maximum absolute atomic E-state index is 5.80. The maximum Gasteiger partial charge on any atom is 0.215 e. The second kappa shape index (κ2) is 4.38. The Labute approximate surface area is 121 Å². The van der Waals surface area contributed by atoms with E-state index in [1.807, 2.05) is 24.3 Å². The second-order valence-electron chi connectivity index (χ2n) is 5.29. The van der Waals surface area contributed by atoms with Gasteiger partial charge in [-0.25, -0.2) is 4.98 Å². The van der Waals surface area contributed by atoms with E-state index < -0.39 is 0 Å². The van der Waals surface area contributed by atoms with Crippen molar-refractivity contribution in [3.05, 3.63) is 60.1 Å². The van der Waals surface area contributed by atoms with Crippen LogP contribution in [0.3, 0.4) is 0 Å². The van der Waals surface area contributed by atoms with E-state index in [1.54, 1.807) is 0 Å². The molecule has 2 N–H and O–H groups in total. The number of nitrogens with two attached hydrogens (primary N) is 1. The van der Waals surface area contributed by atoms with E-state index in [0.717, 1.165) is 11.1 Å². The van der Waals surface area contributed by atoms with Crippen molar-refractivity contribution < 1.29 is 4.42 Å². The molecule has 0 aliphatic heterocycles. The first-order valence-corrected chi connectivity index (χ1v) is 6.90. The van der Waals surface area contributed by atoms with Crippen molar-refractivity contribution in [2.24, 2.45) is 0 Å². The van der Waals surface area contributed by atoms with Crippen LogP contribution in [0.25, 0.3) is 22.0 Å². The minimum absolute atomic E-state index is 0.614. The van der Waals surface area contributed by atoms with Crippen LogP contribution in [0.1, 0.15) is 11.5 Å². The molecule has 2 heterocycles. The highest BCUT2D eigenvalue weighted by molar-refractivity contribution is 5.83. The number of nitrogens with zero attached hydrogens (tertiary/aromatic N) is 2. The summed E-state index contributed by atoms with van der Waals surface area (Å²) < 4.78 is 7.96. The first-order chi connectivity index (χ1) is 10.2. The van der Waals surface area contributed by atoms with Crippen LogP contribution in [0.4, 0.5) is 5.69 Å². The summed E-state index contributed by atoms with van der Waals surface area (Å²) in [6.07, 6.45) is 2.13. The fraction of sp³-hybridized carbons (Fsp3) is 0.118. The quantitative estimate of drug-likeness (QED) is 0.568. The Morgan fingerprint density at radius 1 is 1.19 bits per heavy atom. The molecule has 104 valence electrons. The van der Waals surface area contributed by atoms with E-state index >= 15 is 0 Å². The zero-order valence-electron chi connectivity index (χ0n) is 11.7. The highest BCUT2D eigenvalue weighted by Gasteiger charge is 2.10. The van der Waals surface area contributed by atoms with E-state index in [9.17, 15) is 0 Å².